The number of para-hydroxylation sites is 1. The fourth-order valence-corrected chi connectivity index (χ4v) is 4.92. The molecular weight excluding hydrogens is 421 g/mol. The zero-order chi connectivity index (χ0) is 22.6. The van der Waals surface area contributed by atoms with Gasteiger partial charge in [0.25, 0.3) is 11.8 Å². The van der Waals surface area contributed by atoms with Crippen molar-refractivity contribution in [1.82, 2.24) is 4.57 Å². The van der Waals surface area contributed by atoms with E-state index in [0.717, 1.165) is 46.1 Å². The monoisotopic (exact) mass is 442 g/mol. The zero-order valence-corrected chi connectivity index (χ0v) is 17.2. The molecule has 5 rings (SSSR count). The molecule has 0 saturated carbocycles. The van der Waals surface area contributed by atoms with E-state index in [-0.39, 0.29) is 36.5 Å². The van der Waals surface area contributed by atoms with Gasteiger partial charge in [-0.15, -0.1) is 0 Å². The Kier molecular flexibility index (Phi) is 4.85. The van der Waals surface area contributed by atoms with Crippen LogP contribution in [-0.4, -0.2) is 34.3 Å². The van der Waals surface area contributed by atoms with Crippen LogP contribution in [0.2, 0.25) is 0 Å². The van der Waals surface area contributed by atoms with Gasteiger partial charge in [0.05, 0.1) is 16.8 Å². The molecule has 0 radical (unpaired) electrons. The molecule has 1 N–H and O–H groups in total. The summed E-state index contributed by atoms with van der Waals surface area (Å²) in [5.74, 6) is -1.14. The number of carbonyl (C=O) groups excluding carboxylic acids is 2. The smallest absolute Gasteiger partial charge is 0.396 e. The minimum atomic E-state index is -4.51. The predicted octanol–water partition coefficient (Wildman–Crippen LogP) is 4.20. The number of aromatic nitrogens is 1. The first kappa shape index (κ1) is 20.8. The normalized spacial score (nSPS) is 21.6. The summed E-state index contributed by atoms with van der Waals surface area (Å²) in [5.41, 5.74) is 1.61. The third kappa shape index (κ3) is 3.21. The van der Waals surface area contributed by atoms with Gasteiger partial charge in [-0.25, -0.2) is 4.90 Å². The molecule has 166 valence electrons. The Morgan fingerprint density at radius 2 is 1.91 bits per heavy atom. The molecule has 1 aromatic carbocycles. The highest BCUT2D eigenvalue weighted by atomic mass is 19.4. The lowest BCUT2D eigenvalue weighted by molar-refractivity contribution is -0.120. The molecule has 0 saturated heterocycles. The molecular formula is C24H21F3N2O3. The lowest BCUT2D eigenvalue weighted by atomic mass is 9.93. The fraction of sp³-hybridized carbons (Fsp3) is 0.333. The quantitative estimate of drug-likeness (QED) is 0.725. The summed E-state index contributed by atoms with van der Waals surface area (Å²) in [6, 6.07) is 7.47. The second-order valence-electron chi connectivity index (χ2n) is 8.41. The van der Waals surface area contributed by atoms with E-state index < -0.39 is 23.6 Å². The summed E-state index contributed by atoms with van der Waals surface area (Å²) in [4.78, 5) is 27.5. The maximum Gasteiger partial charge on any atom is 0.416 e. The van der Waals surface area contributed by atoms with Crippen molar-refractivity contribution in [2.24, 2.45) is 5.92 Å². The van der Waals surface area contributed by atoms with Crippen molar-refractivity contribution in [2.75, 3.05) is 11.5 Å². The Morgan fingerprint density at radius 1 is 1.12 bits per heavy atom. The van der Waals surface area contributed by atoms with Crippen molar-refractivity contribution in [1.29, 1.82) is 0 Å². The van der Waals surface area contributed by atoms with Crippen molar-refractivity contribution < 1.29 is 27.9 Å². The standard InChI is InChI=1S/C24H21F3N2O3/c25-24(26,27)16-5-3-4-15(11-16)18-12-21(31)29(23(18)32)22-17-6-1-2-7-19(17)28-9-8-14(13-30)10-20(22)28/h1-2,5-7,11-12,14,30H,3-4,8-10,13H2. The van der Waals surface area contributed by atoms with E-state index in [1.807, 2.05) is 24.3 Å². The van der Waals surface area contributed by atoms with Crippen LogP contribution in [0.1, 0.15) is 25.0 Å². The van der Waals surface area contributed by atoms with Crippen LogP contribution < -0.4 is 4.90 Å². The topological polar surface area (TPSA) is 62.5 Å². The molecule has 3 aliphatic rings. The molecule has 1 aliphatic carbocycles. The Morgan fingerprint density at radius 3 is 2.66 bits per heavy atom. The number of alkyl halides is 3. The van der Waals surface area contributed by atoms with Crippen LogP contribution >= 0.6 is 0 Å². The molecule has 8 heteroatoms. The summed E-state index contributed by atoms with van der Waals surface area (Å²) in [5, 5.41) is 10.4. The molecule has 0 spiro atoms. The predicted molar refractivity (Wildman–Crippen MR) is 113 cm³/mol. The Bertz CT molecular complexity index is 1230. The van der Waals surface area contributed by atoms with Crippen molar-refractivity contribution in [3.8, 4) is 0 Å². The lowest BCUT2D eigenvalue weighted by Gasteiger charge is -2.26. The average molecular weight is 442 g/mol. The number of hydrogen-bond donors (Lipinski definition) is 1. The van der Waals surface area contributed by atoms with E-state index in [1.165, 1.54) is 0 Å². The van der Waals surface area contributed by atoms with Crippen LogP contribution in [0.25, 0.3) is 10.9 Å². The van der Waals surface area contributed by atoms with Crippen LogP contribution in [0.3, 0.4) is 0 Å². The summed E-state index contributed by atoms with van der Waals surface area (Å²) in [7, 11) is 0. The second-order valence-corrected chi connectivity index (χ2v) is 8.41. The highest BCUT2D eigenvalue weighted by molar-refractivity contribution is 6.34. The number of imide groups is 1. The Balaban J connectivity index is 1.58. The van der Waals surface area contributed by atoms with Gasteiger partial charge >= 0.3 is 6.18 Å². The maximum atomic E-state index is 13.4. The van der Waals surface area contributed by atoms with Gasteiger partial charge in [0.2, 0.25) is 0 Å². The number of fused-ring (bicyclic) bond motifs is 3. The van der Waals surface area contributed by atoms with Crippen LogP contribution in [-0.2, 0) is 22.6 Å². The third-order valence-electron chi connectivity index (χ3n) is 6.48. The van der Waals surface area contributed by atoms with Crippen LogP contribution in [0.4, 0.5) is 18.9 Å². The molecule has 2 amide bonds. The van der Waals surface area contributed by atoms with Gasteiger partial charge in [-0.3, -0.25) is 9.59 Å². The van der Waals surface area contributed by atoms with Gasteiger partial charge in [0.15, 0.2) is 0 Å². The minimum absolute atomic E-state index is 0.00575. The zero-order valence-electron chi connectivity index (χ0n) is 17.2. The highest BCUT2D eigenvalue weighted by Crippen LogP contribution is 2.42. The van der Waals surface area contributed by atoms with Gasteiger partial charge in [-0.2, -0.15) is 13.2 Å². The third-order valence-corrected chi connectivity index (χ3v) is 6.48. The van der Waals surface area contributed by atoms with E-state index >= 15 is 0 Å². The Labute approximate surface area is 182 Å². The average Bonchev–Trinajstić information content (AvgIpc) is 3.26. The number of nitrogens with zero attached hydrogens (tertiary/aromatic N) is 2. The van der Waals surface area contributed by atoms with Gasteiger partial charge < -0.3 is 9.67 Å². The SMILES string of the molecule is O=C1C=C(C2=CC(C(F)(F)F)=CCC2)C(=O)N1c1c2n(c3ccccc13)CCC(CO)C2. The summed E-state index contributed by atoms with van der Waals surface area (Å²) < 4.78 is 41.6. The van der Waals surface area contributed by atoms with Crippen molar-refractivity contribution in [3.63, 3.8) is 0 Å². The van der Waals surface area contributed by atoms with Crippen LogP contribution in [0, 0.1) is 5.92 Å². The first-order valence-corrected chi connectivity index (χ1v) is 10.6. The number of aryl methyl sites for hydroxylation is 1. The molecule has 1 aromatic heterocycles. The number of hydrogen-bond acceptors (Lipinski definition) is 3. The molecule has 0 bridgehead atoms. The number of allylic oxidation sites excluding steroid dienone is 3. The number of benzene rings is 1. The number of anilines is 1. The largest absolute Gasteiger partial charge is 0.416 e. The first-order valence-electron chi connectivity index (χ1n) is 10.6. The van der Waals surface area contributed by atoms with Crippen LogP contribution in [0.15, 0.2) is 59.2 Å². The van der Waals surface area contributed by atoms with Crippen molar-refractivity contribution in [3.05, 3.63) is 64.9 Å². The van der Waals surface area contributed by atoms with Gasteiger partial charge in [-0.1, -0.05) is 24.3 Å². The summed E-state index contributed by atoms with van der Waals surface area (Å²) >= 11 is 0. The second kappa shape index (κ2) is 7.48. The minimum Gasteiger partial charge on any atom is -0.396 e. The molecule has 32 heavy (non-hydrogen) atoms. The number of aliphatic hydroxyl groups excluding tert-OH is 1. The summed E-state index contributed by atoms with van der Waals surface area (Å²) in [6.07, 6.45) is 0.437. The number of amides is 2. The summed E-state index contributed by atoms with van der Waals surface area (Å²) in [6.45, 7) is 0.661. The number of aliphatic hydroxyl groups is 1. The molecule has 3 heterocycles. The molecule has 5 nitrogen and oxygen atoms in total. The number of carbonyl (C=O) groups is 2. The van der Waals surface area contributed by atoms with Crippen molar-refractivity contribution >= 4 is 28.4 Å². The van der Waals surface area contributed by atoms with Gasteiger partial charge in [-0.05, 0) is 49.3 Å². The molecule has 2 aliphatic heterocycles. The Hall–Kier alpha value is -3.13. The van der Waals surface area contributed by atoms with Gasteiger partial charge in [0, 0.05) is 35.9 Å². The fourth-order valence-electron chi connectivity index (χ4n) is 4.92. The van der Waals surface area contributed by atoms with E-state index in [0.29, 0.717) is 18.7 Å². The number of halogens is 3. The lowest BCUT2D eigenvalue weighted by Crippen LogP contribution is -2.33. The number of rotatable bonds is 3. The first-order chi connectivity index (χ1) is 15.3. The highest BCUT2D eigenvalue weighted by Gasteiger charge is 2.40. The van der Waals surface area contributed by atoms with E-state index in [9.17, 15) is 27.9 Å². The molecule has 0 fully saturated rings. The van der Waals surface area contributed by atoms with Crippen molar-refractivity contribution in [2.45, 2.75) is 38.4 Å². The maximum absolute atomic E-state index is 13.4. The van der Waals surface area contributed by atoms with Gasteiger partial charge in [0.1, 0.15) is 0 Å². The molecule has 2 aromatic rings. The van der Waals surface area contributed by atoms with Crippen LogP contribution in [0.5, 0.6) is 0 Å². The van der Waals surface area contributed by atoms with E-state index in [4.69, 9.17) is 0 Å². The van der Waals surface area contributed by atoms with E-state index in [1.54, 1.807) is 0 Å². The van der Waals surface area contributed by atoms with E-state index in [2.05, 4.69) is 4.57 Å². The molecule has 1 atom stereocenters. The molecule has 1 unspecified atom stereocenters.